The maximum atomic E-state index is 13.4. The number of benzene rings is 2. The molecular weight excluding hydrogens is 534 g/mol. The lowest BCUT2D eigenvalue weighted by Crippen LogP contribution is -2.62. The molecule has 2 aromatic carbocycles. The number of piperidine rings is 1. The van der Waals surface area contributed by atoms with Crippen LogP contribution in [0.3, 0.4) is 0 Å². The van der Waals surface area contributed by atoms with E-state index in [1.807, 2.05) is 35.2 Å². The lowest BCUT2D eigenvalue weighted by atomic mass is 9.52. The molecule has 0 spiro atoms. The largest absolute Gasteiger partial charge is 0.490 e. The first-order chi connectivity index (χ1) is 18.1. The maximum Gasteiger partial charge on any atom is 0.410 e. The van der Waals surface area contributed by atoms with Crippen LogP contribution in [0.25, 0.3) is 0 Å². The minimum atomic E-state index is -0.219. The Morgan fingerprint density at radius 2 is 2.00 bits per heavy atom. The van der Waals surface area contributed by atoms with Crippen molar-refractivity contribution < 1.29 is 24.1 Å². The van der Waals surface area contributed by atoms with Crippen LogP contribution in [0.5, 0.6) is 11.5 Å². The molecule has 1 unspecified atom stereocenters. The summed E-state index contributed by atoms with van der Waals surface area (Å²) in [7, 11) is 0. The lowest BCUT2D eigenvalue weighted by molar-refractivity contribution is -0.0140. The average Bonchev–Trinajstić information content (AvgIpc) is 2.93. The Balaban J connectivity index is 1.48. The van der Waals surface area contributed by atoms with Gasteiger partial charge in [0.1, 0.15) is 13.2 Å². The Hall–Kier alpha value is -2.25. The van der Waals surface area contributed by atoms with E-state index in [4.69, 9.17) is 14.2 Å². The van der Waals surface area contributed by atoms with Crippen molar-refractivity contribution in [3.05, 3.63) is 57.6 Å². The quantitative estimate of drug-likeness (QED) is 0.353. The van der Waals surface area contributed by atoms with Crippen molar-refractivity contribution in [3.63, 3.8) is 0 Å². The third-order valence-corrected chi connectivity index (χ3v) is 9.37. The lowest BCUT2D eigenvalue weighted by Gasteiger charge is -2.58. The molecular formula is C30H38BrNO5. The van der Waals surface area contributed by atoms with Crippen LogP contribution in [0.4, 0.5) is 4.79 Å². The van der Waals surface area contributed by atoms with Gasteiger partial charge in [0.05, 0.1) is 17.7 Å². The fraction of sp³-hybridized carbons (Fsp3) is 0.567. The van der Waals surface area contributed by atoms with Crippen LogP contribution in [0.1, 0.15) is 68.6 Å². The second kappa shape index (κ2) is 11.6. The van der Waals surface area contributed by atoms with Gasteiger partial charge in [0, 0.05) is 18.0 Å². The second-order valence-electron chi connectivity index (χ2n) is 10.6. The minimum Gasteiger partial charge on any atom is -0.490 e. The van der Waals surface area contributed by atoms with Gasteiger partial charge in [-0.15, -0.1) is 0 Å². The number of carbonyl (C=O) groups excluding carboxylic acids is 1. The number of carbonyl (C=O) groups is 1. The van der Waals surface area contributed by atoms with Gasteiger partial charge in [-0.2, -0.15) is 0 Å². The maximum absolute atomic E-state index is 13.4. The summed E-state index contributed by atoms with van der Waals surface area (Å²) in [4.78, 5) is 15.4. The number of aliphatic hydroxyl groups excluding tert-OH is 1. The molecule has 2 aliphatic carbocycles. The monoisotopic (exact) mass is 571 g/mol. The smallest absolute Gasteiger partial charge is 0.410 e. The zero-order chi connectivity index (χ0) is 25.8. The highest BCUT2D eigenvalue weighted by molar-refractivity contribution is 9.10. The fourth-order valence-electron chi connectivity index (χ4n) is 6.81. The minimum absolute atomic E-state index is 0.0353. The van der Waals surface area contributed by atoms with Gasteiger partial charge in [0.15, 0.2) is 11.5 Å². The molecule has 3 aliphatic rings. The molecule has 1 saturated carbocycles. The number of likely N-dealkylation sites (tertiary alicyclic amines) is 1. The standard InChI is InChI=1S/C30H38BrNO5/c1-2-3-16-35-26-19-24-22(27(31)28(26)36-17-15-33)18-25-23-11-7-8-12-30(23,24)13-14-32(25)29(34)37-20-21-9-5-4-6-10-21/h4-6,9-10,19,23,25,33H,2-3,7-8,11-18,20H2,1H3/t23?,25-,30-/m0/s1. The first-order valence-corrected chi connectivity index (χ1v) is 14.6. The van der Waals surface area contributed by atoms with E-state index in [9.17, 15) is 9.90 Å². The van der Waals surface area contributed by atoms with Gasteiger partial charge >= 0.3 is 6.09 Å². The van der Waals surface area contributed by atoms with Crippen molar-refractivity contribution in [1.29, 1.82) is 0 Å². The predicted octanol–water partition coefficient (Wildman–Crippen LogP) is 6.39. The molecule has 2 aromatic rings. The molecule has 1 amide bonds. The summed E-state index contributed by atoms with van der Waals surface area (Å²) >= 11 is 3.88. The summed E-state index contributed by atoms with van der Waals surface area (Å²) in [6, 6.07) is 12.2. The van der Waals surface area contributed by atoms with Crippen LogP contribution in [0.15, 0.2) is 40.9 Å². The number of aliphatic hydroxyl groups is 1. The normalized spacial score (nSPS) is 24.1. The van der Waals surface area contributed by atoms with Crippen LogP contribution in [-0.4, -0.2) is 48.5 Å². The van der Waals surface area contributed by atoms with E-state index in [0.717, 1.165) is 54.3 Å². The van der Waals surface area contributed by atoms with E-state index in [1.165, 1.54) is 24.0 Å². The Kier molecular flexibility index (Phi) is 8.30. The van der Waals surface area contributed by atoms with Gasteiger partial charge < -0.3 is 24.2 Å². The number of ether oxygens (including phenoxy) is 3. The van der Waals surface area contributed by atoms with E-state index < -0.39 is 0 Å². The molecule has 0 radical (unpaired) electrons. The second-order valence-corrected chi connectivity index (χ2v) is 11.4. The molecule has 7 heteroatoms. The van der Waals surface area contributed by atoms with Crippen molar-refractivity contribution >= 4 is 22.0 Å². The summed E-state index contributed by atoms with van der Waals surface area (Å²) in [5.74, 6) is 1.83. The number of fused-ring (bicyclic) bond motifs is 1. The third-order valence-electron chi connectivity index (χ3n) is 8.53. The Morgan fingerprint density at radius 1 is 1.16 bits per heavy atom. The van der Waals surface area contributed by atoms with Crippen LogP contribution in [-0.2, 0) is 23.2 Å². The molecule has 37 heavy (non-hydrogen) atoms. The van der Waals surface area contributed by atoms with Crippen LogP contribution >= 0.6 is 15.9 Å². The summed E-state index contributed by atoms with van der Waals surface area (Å²) in [5.41, 5.74) is 3.60. The molecule has 1 saturated heterocycles. The third kappa shape index (κ3) is 5.09. The van der Waals surface area contributed by atoms with Crippen LogP contribution < -0.4 is 9.47 Å². The number of amides is 1. The molecule has 5 rings (SSSR count). The van der Waals surface area contributed by atoms with Crippen LogP contribution in [0, 0.1) is 5.92 Å². The molecule has 3 atom stereocenters. The first kappa shape index (κ1) is 26.4. The van der Waals surface area contributed by atoms with E-state index in [1.54, 1.807) is 0 Å². The molecule has 1 N–H and O–H groups in total. The highest BCUT2D eigenvalue weighted by Gasteiger charge is 2.56. The molecule has 2 fully saturated rings. The Labute approximate surface area is 228 Å². The molecule has 2 bridgehead atoms. The number of hydrogen-bond acceptors (Lipinski definition) is 5. The summed E-state index contributed by atoms with van der Waals surface area (Å²) in [5, 5.41) is 9.44. The number of nitrogens with zero attached hydrogens (tertiary/aromatic N) is 1. The van der Waals surface area contributed by atoms with Gasteiger partial charge in [-0.05, 0) is 76.7 Å². The van der Waals surface area contributed by atoms with Crippen LogP contribution in [0.2, 0.25) is 0 Å². The van der Waals surface area contributed by atoms with Crippen molar-refractivity contribution in [2.45, 2.75) is 76.4 Å². The molecule has 200 valence electrons. The number of hydrogen-bond donors (Lipinski definition) is 1. The predicted molar refractivity (Wildman–Crippen MR) is 146 cm³/mol. The molecule has 1 heterocycles. The SMILES string of the molecule is CCCCOc1cc2c(c(Br)c1OCCO)C[C@H]1C3CCCC[C@@]23CCN1C(=O)OCc1ccccc1. The van der Waals surface area contributed by atoms with Gasteiger partial charge in [0.2, 0.25) is 0 Å². The molecule has 0 aromatic heterocycles. The zero-order valence-corrected chi connectivity index (χ0v) is 23.3. The topological polar surface area (TPSA) is 68.2 Å². The van der Waals surface area contributed by atoms with E-state index in [0.29, 0.717) is 24.8 Å². The highest BCUT2D eigenvalue weighted by atomic mass is 79.9. The fourth-order valence-corrected chi connectivity index (χ4v) is 7.49. The van der Waals surface area contributed by atoms with Crippen molar-refractivity contribution in [2.24, 2.45) is 5.92 Å². The summed E-state index contributed by atoms with van der Waals surface area (Å²) in [6.45, 7) is 3.93. The van der Waals surface area contributed by atoms with Gasteiger partial charge in [-0.1, -0.05) is 56.5 Å². The summed E-state index contributed by atoms with van der Waals surface area (Å²) in [6.07, 6.45) is 8.16. The van der Waals surface area contributed by atoms with E-state index in [2.05, 4.69) is 28.9 Å². The summed E-state index contributed by atoms with van der Waals surface area (Å²) < 4.78 is 19.0. The van der Waals surface area contributed by atoms with Crippen molar-refractivity contribution in [2.75, 3.05) is 26.4 Å². The number of rotatable bonds is 9. The number of halogens is 1. The van der Waals surface area contributed by atoms with Crippen molar-refractivity contribution in [3.8, 4) is 11.5 Å². The number of unbranched alkanes of at least 4 members (excludes halogenated alkanes) is 1. The van der Waals surface area contributed by atoms with Gasteiger partial charge in [0.25, 0.3) is 0 Å². The van der Waals surface area contributed by atoms with Gasteiger partial charge in [-0.3, -0.25) is 0 Å². The Morgan fingerprint density at radius 3 is 2.78 bits per heavy atom. The zero-order valence-electron chi connectivity index (χ0n) is 21.7. The average molecular weight is 573 g/mol. The highest BCUT2D eigenvalue weighted by Crippen LogP contribution is 2.59. The molecule has 6 nitrogen and oxygen atoms in total. The van der Waals surface area contributed by atoms with E-state index >= 15 is 0 Å². The van der Waals surface area contributed by atoms with Gasteiger partial charge in [-0.25, -0.2) is 4.79 Å². The van der Waals surface area contributed by atoms with Crippen molar-refractivity contribution in [1.82, 2.24) is 4.90 Å². The first-order valence-electron chi connectivity index (χ1n) is 13.8. The molecule has 1 aliphatic heterocycles. The van der Waals surface area contributed by atoms with E-state index in [-0.39, 0.29) is 37.4 Å². The Bertz CT molecular complexity index is 1090.